The molecule has 274 valence electrons. The summed E-state index contributed by atoms with van der Waals surface area (Å²) >= 11 is 0. The Morgan fingerprint density at radius 3 is 0.0789 bits per heavy atom. The first-order valence-electron chi connectivity index (χ1n) is 0. The molecule has 28 nitrogen and oxygen atoms in total. The minimum atomic E-state index is 0. The van der Waals surface area contributed by atoms with Crippen LogP contribution in [0.4, 0.5) is 0 Å². The predicted molar refractivity (Wildman–Crippen MR) is 106 cm³/mol. The van der Waals surface area contributed by atoms with E-state index < -0.39 is 0 Å². The van der Waals surface area contributed by atoms with Crippen molar-refractivity contribution >= 4 is 0 Å². The van der Waals surface area contributed by atoms with Crippen LogP contribution < -0.4 is 0 Å². The topological polar surface area (TPSA) is 888 Å². The summed E-state index contributed by atoms with van der Waals surface area (Å²) in [4.78, 5) is 0. The van der Waals surface area contributed by atoms with E-state index in [2.05, 4.69) is 0 Å². The first kappa shape index (κ1) is 3330. The Kier molecular flexibility index (Phi) is 272000. The van der Waals surface area contributed by atoms with Gasteiger partial charge in [-0.15, -0.1) is 0 Å². The van der Waals surface area contributed by atoms with Gasteiger partial charge in [0.1, 0.15) is 0 Å². The molecule has 0 aromatic rings. The molecule has 0 bridgehead atoms. The van der Waals surface area contributed by atoms with Crippen molar-refractivity contribution in [3.8, 4) is 0 Å². The molecule has 60 N–H and O–H groups in total. The van der Waals surface area contributed by atoms with Crippen molar-refractivity contribution in [1.29, 1.82) is 0 Å². The first-order chi connectivity index (χ1) is 0. The molecule has 0 aromatic heterocycles. The monoisotopic (exact) mass is 1020 g/mol. The summed E-state index contributed by atoms with van der Waals surface area (Å²) in [5, 5.41) is 0. The van der Waals surface area contributed by atoms with Crippen LogP contribution in [0.1, 0.15) is 0 Å². The Bertz CT molecular complexity index is 31.6. The third-order valence-corrected chi connectivity index (χ3v) is 0. The van der Waals surface area contributed by atoms with E-state index in [0.29, 0.717) is 0 Å². The Labute approximate surface area is 335 Å². The summed E-state index contributed by atoms with van der Waals surface area (Å²) in [7, 11) is 0. The normalized spacial score (nSPS) is 0. The molecule has 0 aliphatic rings. The molecule has 0 fully saturated rings. The molecule has 0 rings (SSSR count). The summed E-state index contributed by atoms with van der Waals surface area (Å²) in [6.07, 6.45) is 0. The van der Waals surface area contributed by atoms with Crippen LogP contribution in [0.15, 0.2) is 0 Å². The van der Waals surface area contributed by atoms with Crippen molar-refractivity contribution in [2.24, 2.45) is 0 Å². The zero-order valence-electron chi connectivity index (χ0n) is 18.8. The maximum absolute atomic E-state index is 0. The average molecular weight is 1020 g/mol. The van der Waals surface area contributed by atoms with Gasteiger partial charge in [-0.3, -0.25) is 0 Å². The van der Waals surface area contributed by atoms with E-state index in [9.17, 15) is 0 Å². The second kappa shape index (κ2) is 3100. The van der Waals surface area contributed by atoms with E-state index in [1.165, 1.54) is 0 Å². The molecule has 0 amide bonds. The number of hydrogen-bond acceptors (Lipinski definition) is 0. The summed E-state index contributed by atoms with van der Waals surface area (Å²) in [5.74, 6) is 0. The third-order valence-electron chi connectivity index (χ3n) is 0. The number of hydrogen-bond donors (Lipinski definition) is 0. The summed E-state index contributed by atoms with van der Waals surface area (Å²) < 4.78 is 0. The van der Waals surface area contributed by atoms with E-state index in [-0.39, 0.29) is 339 Å². The van der Waals surface area contributed by atoms with Crippen LogP contribution in [-0.2, 0) is 207 Å². The Balaban J connectivity index is 0. The molecule has 0 saturated carbocycles. The molecular weight excluding hydrogens is 957 g/mol. The fraction of sp³-hybridized carbons (Fsp3) is 0. The van der Waals surface area contributed by atoms with Gasteiger partial charge in [0.05, 0.1) is 0 Å². The van der Waals surface area contributed by atoms with Gasteiger partial charge in [-0.05, 0) is 0 Å². The molecule has 0 spiro atoms. The van der Waals surface area contributed by atoms with Crippen LogP contribution in [0, 0.1) is 0 Å². The largest absolute Gasteiger partial charge is 0.457 e. The first-order valence-corrected chi connectivity index (χ1v) is 0. The van der Waals surface area contributed by atoms with Gasteiger partial charge >= 0.3 is 0 Å². The van der Waals surface area contributed by atoms with Gasteiger partial charge in [-0.2, -0.15) is 0 Å². The predicted octanol–water partition coefficient (Wildman–Crippen LogP) is -23.5. The maximum atomic E-state index is 0. The van der Waals surface area contributed by atoms with Crippen molar-refractivity contribution in [1.82, 2.24) is 0 Å². The van der Waals surface area contributed by atoms with E-state index in [1.54, 1.807) is 0 Å². The van der Waals surface area contributed by atoms with Gasteiger partial charge in [0, 0.05) is 186 Å². The van der Waals surface area contributed by atoms with E-state index in [0.717, 1.165) is 0 Å². The van der Waals surface area contributed by atoms with Gasteiger partial charge in [0.15, 0.2) is 0 Å². The van der Waals surface area contributed by atoms with Crippen LogP contribution in [0.5, 0.6) is 0 Å². The van der Waals surface area contributed by atoms with Gasteiger partial charge < -0.3 is 153 Å². The third kappa shape index (κ3) is 2880. The second-order valence-corrected chi connectivity index (χ2v) is 0. The summed E-state index contributed by atoms with van der Waals surface area (Å²) in [5.41, 5.74) is 0. The van der Waals surface area contributed by atoms with Gasteiger partial charge in [-0.25, -0.2) is 0 Å². The van der Waals surface area contributed by atoms with Crippen molar-refractivity contribution in [2.75, 3.05) is 0 Å². The van der Waals surface area contributed by atoms with E-state index in [4.69, 9.17) is 0 Å². The van der Waals surface area contributed by atoms with Crippen LogP contribution in [-0.4, -0.2) is 131 Å². The Morgan fingerprint density at radius 2 is 0.0789 bits per heavy atom. The van der Waals surface area contributed by atoms with Crippen molar-refractivity contribution in [3.05, 3.63) is 0 Å². The van der Waals surface area contributed by atoms with Gasteiger partial charge in [0.25, 0.3) is 0 Å². The zero-order valence-corrected chi connectivity index (χ0v) is 32.7. The molecule has 0 aliphatic carbocycles. The zero-order chi connectivity index (χ0) is 0. The molecule has 0 heterocycles. The molecule has 10 radical (unpaired) electrons. The summed E-state index contributed by atoms with van der Waals surface area (Å²) in [6, 6.07) is 0. The van der Waals surface area contributed by atoms with Crippen molar-refractivity contribution in [3.63, 3.8) is 0 Å². The quantitative estimate of drug-likeness (QED) is 0.204. The summed E-state index contributed by atoms with van der Waals surface area (Å²) in [6.45, 7) is 0. The van der Waals surface area contributed by atoms with Crippen LogP contribution >= 0.6 is 0 Å². The molecule has 0 unspecified atom stereocenters. The fourth-order valence-corrected chi connectivity index (χ4v) is 0. The molecule has 0 aliphatic heterocycles. The molecule has 38 heavy (non-hydrogen) atoms. The molecule has 38 heteroatoms. The Hall–Kier alpha value is 4.72. The van der Waals surface area contributed by atoms with Crippen LogP contribution in [0.3, 0.4) is 0 Å². The van der Waals surface area contributed by atoms with Gasteiger partial charge in [0.2, 0.25) is 0 Å². The SMILES string of the molecule is O.O.O.O.O.O.O.O.O.O.O.O.O.O.O.O.O.O.O.O.O.O.O.O.[OH3+].[OH3+].[OH3+].[OH3+].[V].[V].[V].[V].[V].[V].[V].[V].[V].[V]. The average Bonchev–Trinajstić information content (AvgIpc) is 0. The molecule has 0 atom stereocenters. The molecular formula is H60O28V10+4. The van der Waals surface area contributed by atoms with Crippen LogP contribution in [0.2, 0.25) is 0 Å². The number of rotatable bonds is 0. The van der Waals surface area contributed by atoms with Crippen LogP contribution in [0.25, 0.3) is 0 Å². The van der Waals surface area contributed by atoms with Crippen molar-refractivity contribution < 1.29 is 339 Å². The smallest absolute Gasteiger partial charge is 0 e. The molecule has 0 aromatic carbocycles. The minimum Gasteiger partial charge on any atom is -0.457 e. The molecule has 0 saturated heterocycles. The van der Waals surface area contributed by atoms with E-state index >= 15 is 0 Å². The fourth-order valence-electron chi connectivity index (χ4n) is 0. The van der Waals surface area contributed by atoms with E-state index in [1.807, 2.05) is 0 Å². The van der Waals surface area contributed by atoms with Crippen molar-refractivity contribution in [2.45, 2.75) is 0 Å². The maximum Gasteiger partial charge on any atom is 0 e. The Morgan fingerprint density at radius 1 is 0.0789 bits per heavy atom. The second-order valence-electron chi connectivity index (χ2n) is 0. The minimum absolute atomic E-state index is 0. The van der Waals surface area contributed by atoms with Gasteiger partial charge in [-0.1, -0.05) is 0 Å². The standard InChI is InChI=1S/28H2O.10V/h28*1H2;;;;;;;;;;/p+4.